The van der Waals surface area contributed by atoms with Crippen LogP contribution in [0.25, 0.3) is 0 Å². The van der Waals surface area contributed by atoms with E-state index < -0.39 is 0 Å². The van der Waals surface area contributed by atoms with Crippen molar-refractivity contribution in [3.63, 3.8) is 0 Å². The lowest BCUT2D eigenvalue weighted by atomic mass is 9.83. The Hall–Kier alpha value is -0.0800. The average molecular weight is 184 g/mol. The van der Waals surface area contributed by atoms with E-state index >= 15 is 0 Å². The lowest BCUT2D eigenvalue weighted by molar-refractivity contribution is 0.228. The first-order chi connectivity index (χ1) is 6.11. The van der Waals surface area contributed by atoms with Crippen LogP contribution in [0, 0.1) is 5.92 Å². The fourth-order valence-electron chi connectivity index (χ4n) is 2.63. The zero-order valence-electron chi connectivity index (χ0n) is 9.48. The molecule has 1 fully saturated rings. The lowest BCUT2D eigenvalue weighted by Gasteiger charge is -2.38. The van der Waals surface area contributed by atoms with Gasteiger partial charge in [-0.25, -0.2) is 0 Å². The standard InChI is InChI=1S/C11H24N2/c1-11(2,13-4)10(12-3)9-7-5-6-8-9/h9-10,12-13H,5-8H2,1-4H3. The van der Waals surface area contributed by atoms with Crippen LogP contribution in [0.4, 0.5) is 0 Å². The van der Waals surface area contributed by atoms with E-state index in [9.17, 15) is 0 Å². The molecule has 0 amide bonds. The molecule has 2 heteroatoms. The third kappa shape index (κ3) is 2.44. The highest BCUT2D eigenvalue weighted by Gasteiger charge is 2.34. The van der Waals surface area contributed by atoms with Crippen molar-refractivity contribution in [3.8, 4) is 0 Å². The molecule has 0 bridgehead atoms. The molecule has 0 aliphatic heterocycles. The highest BCUT2D eigenvalue weighted by atomic mass is 15.0. The maximum atomic E-state index is 3.47. The van der Waals surface area contributed by atoms with Crippen LogP contribution in [0.1, 0.15) is 39.5 Å². The number of likely N-dealkylation sites (N-methyl/N-ethyl adjacent to an activating group) is 2. The fourth-order valence-corrected chi connectivity index (χ4v) is 2.63. The van der Waals surface area contributed by atoms with Crippen LogP contribution in [0.2, 0.25) is 0 Å². The van der Waals surface area contributed by atoms with E-state index in [4.69, 9.17) is 0 Å². The molecule has 1 saturated carbocycles. The molecular weight excluding hydrogens is 160 g/mol. The molecular formula is C11H24N2. The van der Waals surface area contributed by atoms with Gasteiger partial charge in [-0.3, -0.25) is 0 Å². The van der Waals surface area contributed by atoms with Gasteiger partial charge in [0.25, 0.3) is 0 Å². The third-order valence-electron chi connectivity index (χ3n) is 3.60. The second-order valence-corrected chi connectivity index (χ2v) is 4.78. The SMILES string of the molecule is CNC(C1CCCC1)C(C)(C)NC. The van der Waals surface area contributed by atoms with Crippen LogP contribution in [0.3, 0.4) is 0 Å². The summed E-state index contributed by atoms with van der Waals surface area (Å²) >= 11 is 0. The van der Waals surface area contributed by atoms with Crippen LogP contribution >= 0.6 is 0 Å². The fraction of sp³-hybridized carbons (Fsp3) is 1.00. The second-order valence-electron chi connectivity index (χ2n) is 4.78. The molecule has 78 valence electrons. The highest BCUT2D eigenvalue weighted by molar-refractivity contribution is 4.95. The monoisotopic (exact) mass is 184 g/mol. The molecule has 0 aromatic rings. The molecule has 0 radical (unpaired) electrons. The van der Waals surface area contributed by atoms with Gasteiger partial charge in [0.1, 0.15) is 0 Å². The molecule has 1 aliphatic rings. The van der Waals surface area contributed by atoms with Gasteiger partial charge in [0.15, 0.2) is 0 Å². The van der Waals surface area contributed by atoms with Crippen molar-refractivity contribution < 1.29 is 0 Å². The smallest absolute Gasteiger partial charge is 0.0278 e. The maximum absolute atomic E-state index is 3.47. The van der Waals surface area contributed by atoms with Gasteiger partial charge in [-0.2, -0.15) is 0 Å². The molecule has 1 rings (SSSR count). The molecule has 0 saturated heterocycles. The normalized spacial score (nSPS) is 22.2. The molecule has 0 aromatic carbocycles. The summed E-state index contributed by atoms with van der Waals surface area (Å²) in [6.45, 7) is 4.57. The van der Waals surface area contributed by atoms with Crippen molar-refractivity contribution in [3.05, 3.63) is 0 Å². The van der Waals surface area contributed by atoms with Crippen LogP contribution in [0.15, 0.2) is 0 Å². The Balaban J connectivity index is 2.59. The molecule has 2 nitrogen and oxygen atoms in total. The van der Waals surface area contributed by atoms with E-state index in [1.54, 1.807) is 0 Å². The summed E-state index contributed by atoms with van der Waals surface area (Å²) in [6, 6.07) is 0.611. The van der Waals surface area contributed by atoms with E-state index in [0.717, 1.165) is 5.92 Å². The predicted molar refractivity (Wildman–Crippen MR) is 57.9 cm³/mol. The Morgan fingerprint density at radius 3 is 2.08 bits per heavy atom. The van der Waals surface area contributed by atoms with Crippen molar-refractivity contribution in [2.24, 2.45) is 5.92 Å². The van der Waals surface area contributed by atoms with Crippen molar-refractivity contribution >= 4 is 0 Å². The quantitative estimate of drug-likeness (QED) is 0.696. The summed E-state index contributed by atoms with van der Waals surface area (Å²) in [5.41, 5.74) is 0.212. The number of hydrogen-bond donors (Lipinski definition) is 2. The zero-order chi connectivity index (χ0) is 9.90. The molecule has 0 spiro atoms. The Bertz CT molecular complexity index is 148. The minimum Gasteiger partial charge on any atom is -0.315 e. The summed E-state index contributed by atoms with van der Waals surface area (Å²) < 4.78 is 0. The Labute approximate surface area is 82.5 Å². The summed E-state index contributed by atoms with van der Waals surface area (Å²) in [4.78, 5) is 0. The van der Waals surface area contributed by atoms with Crippen molar-refractivity contribution in [2.45, 2.75) is 51.1 Å². The molecule has 2 N–H and O–H groups in total. The van der Waals surface area contributed by atoms with Gasteiger partial charge in [-0.1, -0.05) is 12.8 Å². The first-order valence-electron chi connectivity index (χ1n) is 5.48. The number of nitrogens with one attached hydrogen (secondary N) is 2. The highest BCUT2D eigenvalue weighted by Crippen LogP contribution is 2.31. The van der Waals surface area contributed by atoms with Crippen LogP contribution in [-0.2, 0) is 0 Å². The maximum Gasteiger partial charge on any atom is 0.0278 e. The van der Waals surface area contributed by atoms with E-state index in [1.165, 1.54) is 25.7 Å². The van der Waals surface area contributed by atoms with Crippen molar-refractivity contribution in [1.29, 1.82) is 0 Å². The lowest BCUT2D eigenvalue weighted by Crippen LogP contribution is -2.56. The molecule has 1 atom stereocenters. The summed E-state index contributed by atoms with van der Waals surface area (Å²) in [5.74, 6) is 0.868. The van der Waals surface area contributed by atoms with Crippen LogP contribution in [0.5, 0.6) is 0 Å². The number of rotatable bonds is 4. The second kappa shape index (κ2) is 4.43. The van der Waals surface area contributed by atoms with Gasteiger partial charge in [0, 0.05) is 11.6 Å². The van der Waals surface area contributed by atoms with Gasteiger partial charge < -0.3 is 10.6 Å². The minimum atomic E-state index is 0.212. The summed E-state index contributed by atoms with van der Waals surface area (Å²) in [6.07, 6.45) is 5.64. The van der Waals surface area contributed by atoms with Gasteiger partial charge in [0.05, 0.1) is 0 Å². The Morgan fingerprint density at radius 2 is 1.69 bits per heavy atom. The van der Waals surface area contributed by atoms with E-state index in [2.05, 4.69) is 38.6 Å². The molecule has 1 unspecified atom stereocenters. The molecule has 13 heavy (non-hydrogen) atoms. The largest absolute Gasteiger partial charge is 0.315 e. The van der Waals surface area contributed by atoms with E-state index in [1.807, 2.05) is 0 Å². The number of hydrogen-bond acceptors (Lipinski definition) is 2. The van der Waals surface area contributed by atoms with Crippen molar-refractivity contribution in [2.75, 3.05) is 14.1 Å². The first-order valence-corrected chi connectivity index (χ1v) is 5.48. The van der Waals surface area contributed by atoms with Gasteiger partial charge in [0.2, 0.25) is 0 Å². The van der Waals surface area contributed by atoms with E-state index in [-0.39, 0.29) is 5.54 Å². The van der Waals surface area contributed by atoms with E-state index in [0.29, 0.717) is 6.04 Å². The Kier molecular flexibility index (Phi) is 3.74. The minimum absolute atomic E-state index is 0.212. The predicted octanol–water partition coefficient (Wildman–Crippen LogP) is 1.76. The topological polar surface area (TPSA) is 24.1 Å². The first kappa shape index (κ1) is 11.0. The van der Waals surface area contributed by atoms with Crippen molar-refractivity contribution in [1.82, 2.24) is 10.6 Å². The average Bonchev–Trinajstić information content (AvgIpc) is 2.58. The summed E-state index contributed by atoms with van der Waals surface area (Å²) in [7, 11) is 4.14. The Morgan fingerprint density at radius 1 is 1.15 bits per heavy atom. The molecule has 0 aromatic heterocycles. The van der Waals surface area contributed by atoms with Gasteiger partial charge in [-0.05, 0) is 46.7 Å². The van der Waals surface area contributed by atoms with Gasteiger partial charge >= 0.3 is 0 Å². The summed E-state index contributed by atoms with van der Waals surface area (Å²) in [5, 5.41) is 6.88. The molecule has 0 heterocycles. The third-order valence-corrected chi connectivity index (χ3v) is 3.60. The zero-order valence-corrected chi connectivity index (χ0v) is 9.48. The van der Waals surface area contributed by atoms with Crippen LogP contribution in [-0.4, -0.2) is 25.7 Å². The molecule has 1 aliphatic carbocycles. The van der Waals surface area contributed by atoms with Gasteiger partial charge in [-0.15, -0.1) is 0 Å². The van der Waals surface area contributed by atoms with Crippen LogP contribution < -0.4 is 10.6 Å².